The fraction of sp³-hybridized carbons (Fsp3) is 0. The normalized spacial score (nSPS) is 9.93. The van der Waals surface area contributed by atoms with Crippen molar-refractivity contribution < 1.29 is 0 Å². The monoisotopic (exact) mass is 282 g/mol. The Morgan fingerprint density at radius 3 is 3.00 bits per heavy atom. The van der Waals surface area contributed by atoms with Crippen LogP contribution in [-0.2, 0) is 0 Å². The molecule has 2 N–H and O–H groups in total. The second-order valence-electron chi connectivity index (χ2n) is 2.81. The number of rotatable bonds is 2. The highest BCUT2D eigenvalue weighted by atomic mass is 79.9. The van der Waals surface area contributed by atoms with Crippen molar-refractivity contribution >= 4 is 39.7 Å². The van der Waals surface area contributed by atoms with E-state index in [9.17, 15) is 0 Å². The fourth-order valence-corrected chi connectivity index (χ4v) is 1.64. The minimum atomic E-state index is 0.356. The number of benzene rings is 1. The van der Waals surface area contributed by atoms with Crippen LogP contribution >= 0.6 is 28.1 Å². The zero-order valence-electron chi connectivity index (χ0n) is 7.57. The minimum absolute atomic E-state index is 0.356. The van der Waals surface area contributed by atoms with E-state index in [1.807, 2.05) is 24.3 Å². The van der Waals surface area contributed by atoms with Crippen molar-refractivity contribution in [3.05, 3.63) is 39.7 Å². The van der Waals surface area contributed by atoms with E-state index in [1.54, 1.807) is 6.20 Å². The van der Waals surface area contributed by atoms with E-state index in [4.69, 9.17) is 12.2 Å². The number of hydrogen-bond donors (Lipinski definition) is 2. The highest BCUT2D eigenvalue weighted by Gasteiger charge is 1.96. The number of hydrogen-bond acceptors (Lipinski definition) is 4. The molecule has 0 unspecified atom stereocenters. The molecule has 2 aromatic rings. The Bertz CT molecular complexity index is 525. The summed E-state index contributed by atoms with van der Waals surface area (Å²) in [6, 6.07) is 7.77. The Hall–Kier alpha value is -1.27. The van der Waals surface area contributed by atoms with Crippen LogP contribution in [0.5, 0.6) is 0 Å². The Morgan fingerprint density at radius 2 is 2.27 bits per heavy atom. The molecule has 2 rings (SSSR count). The Morgan fingerprint density at radius 1 is 1.40 bits per heavy atom. The molecule has 0 amide bonds. The SMILES string of the molecule is S=c1nc(Nc2cccc(Br)c2)cn[nH]1. The summed E-state index contributed by atoms with van der Waals surface area (Å²) in [6.45, 7) is 0. The molecule has 0 aliphatic heterocycles. The molecule has 0 aliphatic rings. The summed E-state index contributed by atoms with van der Waals surface area (Å²) in [5, 5.41) is 9.51. The predicted octanol–water partition coefficient (Wildman–Crippen LogP) is 3.04. The predicted molar refractivity (Wildman–Crippen MR) is 64.6 cm³/mol. The van der Waals surface area contributed by atoms with Crippen molar-refractivity contribution in [2.75, 3.05) is 5.32 Å². The zero-order valence-corrected chi connectivity index (χ0v) is 9.97. The second-order valence-corrected chi connectivity index (χ2v) is 4.11. The van der Waals surface area contributed by atoms with E-state index >= 15 is 0 Å². The summed E-state index contributed by atoms with van der Waals surface area (Å²) in [6.07, 6.45) is 1.58. The molecule has 0 fully saturated rings. The van der Waals surface area contributed by atoms with Crippen molar-refractivity contribution in [3.8, 4) is 0 Å². The van der Waals surface area contributed by atoms with Gasteiger partial charge in [0.1, 0.15) is 0 Å². The third-order valence-corrected chi connectivity index (χ3v) is 2.34. The van der Waals surface area contributed by atoms with Crippen LogP contribution < -0.4 is 5.32 Å². The van der Waals surface area contributed by atoms with Gasteiger partial charge in [-0.1, -0.05) is 22.0 Å². The fourth-order valence-electron chi connectivity index (χ4n) is 1.09. The van der Waals surface area contributed by atoms with E-state index in [2.05, 4.69) is 36.4 Å². The molecule has 1 aromatic carbocycles. The minimum Gasteiger partial charge on any atom is -0.339 e. The van der Waals surface area contributed by atoms with Gasteiger partial charge < -0.3 is 5.32 Å². The van der Waals surface area contributed by atoms with Crippen molar-refractivity contribution in [1.82, 2.24) is 15.2 Å². The molecule has 6 heteroatoms. The molecule has 0 saturated carbocycles. The van der Waals surface area contributed by atoms with E-state index < -0.39 is 0 Å². The van der Waals surface area contributed by atoms with Gasteiger partial charge in [-0.2, -0.15) is 10.1 Å². The molecule has 0 spiro atoms. The lowest BCUT2D eigenvalue weighted by molar-refractivity contribution is 0.953. The van der Waals surface area contributed by atoms with Crippen LogP contribution in [0.3, 0.4) is 0 Å². The van der Waals surface area contributed by atoms with Crippen LogP contribution in [0.2, 0.25) is 0 Å². The lowest BCUT2D eigenvalue weighted by atomic mass is 10.3. The van der Waals surface area contributed by atoms with Crippen molar-refractivity contribution in [2.45, 2.75) is 0 Å². The maximum Gasteiger partial charge on any atom is 0.215 e. The summed E-state index contributed by atoms with van der Waals surface area (Å²) in [4.78, 5) is 4.07. The smallest absolute Gasteiger partial charge is 0.215 e. The summed E-state index contributed by atoms with van der Waals surface area (Å²) in [5.41, 5.74) is 0.930. The lowest BCUT2D eigenvalue weighted by Crippen LogP contribution is -1.96. The van der Waals surface area contributed by atoms with Crippen LogP contribution in [0.25, 0.3) is 0 Å². The third-order valence-electron chi connectivity index (χ3n) is 1.67. The lowest BCUT2D eigenvalue weighted by Gasteiger charge is -2.04. The molecule has 4 nitrogen and oxygen atoms in total. The number of anilines is 2. The van der Waals surface area contributed by atoms with Gasteiger partial charge in [0.2, 0.25) is 4.77 Å². The summed E-state index contributed by atoms with van der Waals surface area (Å²) < 4.78 is 1.36. The highest BCUT2D eigenvalue weighted by molar-refractivity contribution is 9.10. The molecule has 0 radical (unpaired) electrons. The topological polar surface area (TPSA) is 53.6 Å². The standard InChI is InChI=1S/C9H7BrN4S/c10-6-2-1-3-7(4-6)12-8-5-11-14-9(15)13-8/h1-5H,(H2,12,13,14,15). The highest BCUT2D eigenvalue weighted by Crippen LogP contribution is 2.18. The molecular weight excluding hydrogens is 276 g/mol. The number of H-pyrrole nitrogens is 1. The van der Waals surface area contributed by atoms with Gasteiger partial charge in [0.05, 0.1) is 6.20 Å². The first kappa shape index (κ1) is 10.3. The Kier molecular flexibility index (Phi) is 3.08. The number of halogens is 1. The molecule has 0 saturated heterocycles. The number of nitrogens with one attached hydrogen (secondary N) is 2. The molecule has 0 bridgehead atoms. The average Bonchev–Trinajstić information content (AvgIpc) is 2.17. The van der Waals surface area contributed by atoms with E-state index in [-0.39, 0.29) is 0 Å². The van der Waals surface area contributed by atoms with Crippen LogP contribution in [0.4, 0.5) is 11.5 Å². The Labute approximate surface area is 99.9 Å². The average molecular weight is 283 g/mol. The molecule has 76 valence electrons. The first-order chi connectivity index (χ1) is 7.24. The van der Waals surface area contributed by atoms with Gasteiger partial charge in [-0.15, -0.1) is 0 Å². The number of nitrogens with zero attached hydrogens (tertiary/aromatic N) is 2. The summed E-state index contributed by atoms with van der Waals surface area (Å²) in [5.74, 6) is 0.622. The first-order valence-corrected chi connectivity index (χ1v) is 5.38. The van der Waals surface area contributed by atoms with Gasteiger partial charge >= 0.3 is 0 Å². The molecule has 0 aliphatic carbocycles. The maximum atomic E-state index is 4.86. The molecule has 1 heterocycles. The quantitative estimate of drug-likeness (QED) is 0.832. The van der Waals surface area contributed by atoms with Crippen LogP contribution in [0.1, 0.15) is 0 Å². The van der Waals surface area contributed by atoms with Gasteiger partial charge in [0, 0.05) is 10.2 Å². The molecule has 0 atom stereocenters. The van der Waals surface area contributed by atoms with Gasteiger partial charge in [0.15, 0.2) is 5.82 Å². The molecule has 1 aromatic heterocycles. The molecule has 15 heavy (non-hydrogen) atoms. The maximum absolute atomic E-state index is 4.86. The number of aromatic amines is 1. The second kappa shape index (κ2) is 4.50. The summed E-state index contributed by atoms with van der Waals surface area (Å²) >= 11 is 8.25. The Balaban J connectivity index is 2.26. The van der Waals surface area contributed by atoms with Crippen molar-refractivity contribution in [2.24, 2.45) is 0 Å². The third kappa shape index (κ3) is 2.84. The van der Waals surface area contributed by atoms with E-state index in [1.165, 1.54) is 0 Å². The largest absolute Gasteiger partial charge is 0.339 e. The van der Waals surface area contributed by atoms with Gasteiger partial charge in [-0.05, 0) is 30.4 Å². The molecular formula is C9H7BrN4S. The van der Waals surface area contributed by atoms with E-state index in [0.717, 1.165) is 10.2 Å². The van der Waals surface area contributed by atoms with Crippen LogP contribution in [-0.4, -0.2) is 15.2 Å². The van der Waals surface area contributed by atoms with E-state index in [0.29, 0.717) is 10.6 Å². The van der Waals surface area contributed by atoms with Gasteiger partial charge in [-0.3, -0.25) is 5.10 Å². The van der Waals surface area contributed by atoms with Crippen molar-refractivity contribution in [1.29, 1.82) is 0 Å². The zero-order chi connectivity index (χ0) is 10.7. The summed E-state index contributed by atoms with van der Waals surface area (Å²) in [7, 11) is 0. The van der Waals surface area contributed by atoms with Crippen LogP contribution in [0, 0.1) is 4.77 Å². The van der Waals surface area contributed by atoms with Gasteiger partial charge in [-0.25, -0.2) is 0 Å². The van der Waals surface area contributed by atoms with Gasteiger partial charge in [0.25, 0.3) is 0 Å². The van der Waals surface area contributed by atoms with Crippen LogP contribution in [0.15, 0.2) is 34.9 Å². The number of aromatic nitrogens is 3. The van der Waals surface area contributed by atoms with Crippen molar-refractivity contribution in [3.63, 3.8) is 0 Å². The first-order valence-electron chi connectivity index (χ1n) is 4.18.